The van der Waals surface area contributed by atoms with Gasteiger partial charge in [-0.15, -0.1) is 0 Å². The lowest BCUT2D eigenvalue weighted by atomic mass is 9.72. The summed E-state index contributed by atoms with van der Waals surface area (Å²) in [4.78, 5) is 12.5. The second-order valence-corrected chi connectivity index (χ2v) is 5.17. The Labute approximate surface area is 112 Å². The van der Waals surface area contributed by atoms with Gasteiger partial charge >= 0.3 is 0 Å². The van der Waals surface area contributed by atoms with E-state index in [2.05, 4.69) is 10.6 Å². The molecule has 1 amide bonds. The van der Waals surface area contributed by atoms with E-state index in [-0.39, 0.29) is 11.7 Å². The minimum atomic E-state index is -0.856. The molecule has 0 aromatic carbocycles. The lowest BCUT2D eigenvalue weighted by molar-refractivity contribution is -0.136. The smallest absolute Gasteiger partial charge is 0.248 e. The van der Waals surface area contributed by atoms with Crippen LogP contribution in [-0.4, -0.2) is 48.3 Å². The van der Waals surface area contributed by atoms with Crippen LogP contribution in [0, 0.1) is 5.41 Å². The third kappa shape index (κ3) is 2.98. The third-order valence-electron chi connectivity index (χ3n) is 4.01. The van der Waals surface area contributed by atoms with Crippen molar-refractivity contribution in [2.24, 2.45) is 16.3 Å². The van der Waals surface area contributed by atoms with Crippen LogP contribution >= 0.6 is 0 Å². The Morgan fingerprint density at radius 2 is 1.89 bits per heavy atom. The number of ether oxygens (including phenoxy) is 1. The molecule has 19 heavy (non-hydrogen) atoms. The highest BCUT2D eigenvalue weighted by Crippen LogP contribution is 2.36. The zero-order valence-electron chi connectivity index (χ0n) is 11.1. The molecule has 2 fully saturated rings. The van der Waals surface area contributed by atoms with Crippen molar-refractivity contribution >= 4 is 11.7 Å². The summed E-state index contributed by atoms with van der Waals surface area (Å²) in [6, 6.07) is 0. The van der Waals surface area contributed by atoms with Gasteiger partial charge in [0, 0.05) is 13.1 Å². The molecule has 1 saturated carbocycles. The Hall–Kier alpha value is -1.34. The van der Waals surface area contributed by atoms with Gasteiger partial charge in [-0.25, -0.2) is 5.01 Å². The highest BCUT2D eigenvalue weighted by atomic mass is 16.5. The lowest BCUT2D eigenvalue weighted by Gasteiger charge is -2.37. The molecule has 2 aliphatic rings. The number of nitrogens with one attached hydrogen (secondary N) is 1. The molecule has 0 atom stereocenters. The Kier molecular flexibility index (Phi) is 4.60. The quantitative estimate of drug-likeness (QED) is 0.291. The van der Waals surface area contributed by atoms with Gasteiger partial charge in [0.25, 0.3) is 0 Å². The van der Waals surface area contributed by atoms with E-state index < -0.39 is 5.41 Å². The van der Waals surface area contributed by atoms with Crippen LogP contribution in [0.2, 0.25) is 0 Å². The predicted octanol–water partition coefficient (Wildman–Crippen LogP) is 0.0467. The number of hydrogen-bond acceptors (Lipinski definition) is 5. The molecule has 4 N–H and O–H groups in total. The van der Waals surface area contributed by atoms with Crippen LogP contribution < -0.4 is 11.2 Å². The Balaban J connectivity index is 2.06. The van der Waals surface area contributed by atoms with E-state index >= 15 is 0 Å². The van der Waals surface area contributed by atoms with Crippen LogP contribution in [-0.2, 0) is 9.53 Å². The summed E-state index contributed by atoms with van der Waals surface area (Å²) in [5.74, 6) is -0.137. The highest BCUT2D eigenvalue weighted by molar-refractivity contribution is 6.06. The molecule has 1 saturated heterocycles. The largest absolute Gasteiger partial charge is 0.409 e. The first-order chi connectivity index (χ1) is 9.19. The van der Waals surface area contributed by atoms with Crippen LogP contribution in [0.15, 0.2) is 5.16 Å². The van der Waals surface area contributed by atoms with Gasteiger partial charge in [0.05, 0.1) is 13.2 Å². The van der Waals surface area contributed by atoms with Gasteiger partial charge in [0.15, 0.2) is 5.84 Å². The Morgan fingerprint density at radius 3 is 2.47 bits per heavy atom. The maximum Gasteiger partial charge on any atom is 0.248 e. The van der Waals surface area contributed by atoms with Crippen molar-refractivity contribution in [1.82, 2.24) is 10.4 Å². The van der Waals surface area contributed by atoms with E-state index in [9.17, 15) is 4.79 Å². The maximum atomic E-state index is 12.5. The minimum Gasteiger partial charge on any atom is -0.409 e. The molecule has 1 aliphatic carbocycles. The van der Waals surface area contributed by atoms with E-state index in [1.54, 1.807) is 0 Å². The van der Waals surface area contributed by atoms with Crippen molar-refractivity contribution in [1.29, 1.82) is 0 Å². The predicted molar refractivity (Wildman–Crippen MR) is 69.5 cm³/mol. The number of hydrazine groups is 1. The fourth-order valence-electron chi connectivity index (χ4n) is 2.78. The van der Waals surface area contributed by atoms with Crippen LogP contribution in [0.4, 0.5) is 0 Å². The molecule has 0 aromatic heterocycles. The second-order valence-electron chi connectivity index (χ2n) is 5.17. The van der Waals surface area contributed by atoms with Gasteiger partial charge < -0.3 is 15.7 Å². The molecule has 1 heterocycles. The summed E-state index contributed by atoms with van der Waals surface area (Å²) >= 11 is 0. The molecule has 0 aromatic rings. The Morgan fingerprint density at radius 1 is 1.26 bits per heavy atom. The lowest BCUT2D eigenvalue weighted by Crippen LogP contribution is -2.57. The number of nitrogens with zero attached hydrogens (tertiary/aromatic N) is 2. The first-order valence-corrected chi connectivity index (χ1v) is 6.81. The number of oxime groups is 1. The summed E-state index contributed by atoms with van der Waals surface area (Å²) in [5.41, 5.74) is 7.82. The topological polar surface area (TPSA) is 100 Å². The molecule has 0 spiro atoms. The van der Waals surface area contributed by atoms with Crippen molar-refractivity contribution in [2.75, 3.05) is 26.3 Å². The van der Waals surface area contributed by atoms with Gasteiger partial charge in [-0.2, -0.15) is 0 Å². The number of amidine groups is 1. The first-order valence-electron chi connectivity index (χ1n) is 6.81. The zero-order valence-corrected chi connectivity index (χ0v) is 11.1. The first kappa shape index (κ1) is 14.1. The molecule has 2 rings (SSSR count). The summed E-state index contributed by atoms with van der Waals surface area (Å²) in [7, 11) is 0. The molecule has 108 valence electrons. The molecular weight excluding hydrogens is 248 g/mol. The van der Waals surface area contributed by atoms with E-state index in [0.29, 0.717) is 39.1 Å². The maximum absolute atomic E-state index is 12.5. The summed E-state index contributed by atoms with van der Waals surface area (Å²) in [5, 5.41) is 13.9. The third-order valence-corrected chi connectivity index (χ3v) is 4.01. The van der Waals surface area contributed by atoms with E-state index in [4.69, 9.17) is 15.7 Å². The fraction of sp³-hybridized carbons (Fsp3) is 0.833. The minimum absolute atomic E-state index is 0.0259. The molecule has 1 aliphatic heterocycles. The van der Waals surface area contributed by atoms with Crippen molar-refractivity contribution in [3.63, 3.8) is 0 Å². The van der Waals surface area contributed by atoms with Gasteiger partial charge in [-0.1, -0.05) is 24.4 Å². The number of hydrogen-bond donors (Lipinski definition) is 3. The molecular formula is C12H22N4O3. The Bertz CT molecular complexity index is 347. The van der Waals surface area contributed by atoms with Crippen LogP contribution in [0.1, 0.15) is 32.1 Å². The number of carbonyl (C=O) groups is 1. The fourth-order valence-corrected chi connectivity index (χ4v) is 2.78. The van der Waals surface area contributed by atoms with Gasteiger partial charge in [-0.05, 0) is 12.8 Å². The number of carbonyl (C=O) groups excluding carboxylic acids is 1. The molecule has 0 unspecified atom stereocenters. The number of rotatable bonds is 3. The SMILES string of the molecule is NC(=NO)C1(C(=O)NN2CCOCC2)CCCCC1. The van der Waals surface area contributed by atoms with Crippen molar-refractivity contribution in [3.8, 4) is 0 Å². The van der Waals surface area contributed by atoms with Crippen LogP contribution in [0.25, 0.3) is 0 Å². The van der Waals surface area contributed by atoms with Crippen LogP contribution in [0.5, 0.6) is 0 Å². The molecule has 7 nitrogen and oxygen atoms in total. The van der Waals surface area contributed by atoms with Crippen molar-refractivity contribution in [3.05, 3.63) is 0 Å². The standard InChI is InChI=1S/C12H22N4O3/c13-10(15-18)12(4-2-1-3-5-12)11(17)14-16-6-8-19-9-7-16/h18H,1-9H2,(H2,13,15)(H,14,17). The normalized spacial score (nSPS) is 24.9. The average Bonchev–Trinajstić information content (AvgIpc) is 2.48. The monoisotopic (exact) mass is 270 g/mol. The number of morpholine rings is 1. The number of amides is 1. The van der Waals surface area contributed by atoms with E-state index in [0.717, 1.165) is 19.3 Å². The van der Waals surface area contributed by atoms with Gasteiger partial charge in [0.2, 0.25) is 5.91 Å². The average molecular weight is 270 g/mol. The molecule has 0 bridgehead atoms. The van der Waals surface area contributed by atoms with Crippen molar-refractivity contribution in [2.45, 2.75) is 32.1 Å². The number of nitrogens with two attached hydrogens (primary N) is 1. The molecule has 0 radical (unpaired) electrons. The second kappa shape index (κ2) is 6.21. The van der Waals surface area contributed by atoms with Gasteiger partial charge in [-0.3, -0.25) is 10.2 Å². The van der Waals surface area contributed by atoms with E-state index in [1.165, 1.54) is 0 Å². The zero-order chi connectivity index (χ0) is 13.7. The summed E-state index contributed by atoms with van der Waals surface area (Å²) in [6.45, 7) is 2.55. The summed E-state index contributed by atoms with van der Waals surface area (Å²) in [6.07, 6.45) is 4.21. The van der Waals surface area contributed by atoms with Crippen LogP contribution in [0.3, 0.4) is 0 Å². The van der Waals surface area contributed by atoms with E-state index in [1.807, 2.05) is 5.01 Å². The van der Waals surface area contributed by atoms with Crippen molar-refractivity contribution < 1.29 is 14.7 Å². The van der Waals surface area contributed by atoms with Gasteiger partial charge in [0.1, 0.15) is 5.41 Å². The highest BCUT2D eigenvalue weighted by Gasteiger charge is 2.44. The summed E-state index contributed by atoms with van der Waals surface area (Å²) < 4.78 is 5.24. The molecule has 7 heteroatoms.